The Kier molecular flexibility index (Phi) is 8.97. The summed E-state index contributed by atoms with van der Waals surface area (Å²) in [7, 11) is 0.953. The third kappa shape index (κ3) is 5.96. The number of benzene rings is 2. The lowest BCUT2D eigenvalue weighted by atomic mass is 9.96. The van der Waals surface area contributed by atoms with Gasteiger partial charge in [0.2, 0.25) is 15.5 Å². The molecule has 39 heavy (non-hydrogen) atoms. The third-order valence-corrected chi connectivity index (χ3v) is 9.46. The van der Waals surface area contributed by atoms with E-state index in [1.807, 2.05) is 19.1 Å². The van der Waals surface area contributed by atoms with Gasteiger partial charge in [0, 0.05) is 37.8 Å². The minimum atomic E-state index is -3.79. The molecule has 0 atom stereocenters. The van der Waals surface area contributed by atoms with E-state index in [0.29, 0.717) is 36.5 Å². The highest BCUT2D eigenvalue weighted by molar-refractivity contribution is 7.89. The average Bonchev–Trinajstić information content (AvgIpc) is 2.97. The van der Waals surface area contributed by atoms with Crippen LogP contribution in [0, 0.1) is 0 Å². The zero-order chi connectivity index (χ0) is 28.2. The molecule has 210 valence electrons. The highest BCUT2D eigenvalue weighted by atomic mass is 32.2. The number of fused-ring (bicyclic) bond motifs is 1. The number of nitrogens with one attached hydrogen (secondary N) is 1. The molecule has 1 aliphatic carbocycles. The van der Waals surface area contributed by atoms with E-state index < -0.39 is 21.4 Å². The molecule has 2 aromatic carbocycles. The Balaban J connectivity index is 1.59. The monoisotopic (exact) mass is 555 g/mol. The fraction of sp³-hybridized carbons (Fsp3) is 0.448. The number of pyridine rings is 1. The molecule has 0 spiro atoms. The van der Waals surface area contributed by atoms with E-state index in [2.05, 4.69) is 5.32 Å². The maximum atomic E-state index is 13.5. The maximum absolute atomic E-state index is 13.5. The van der Waals surface area contributed by atoms with E-state index >= 15 is 0 Å². The zero-order valence-corrected chi connectivity index (χ0v) is 23.8. The minimum Gasteiger partial charge on any atom is -0.493 e. The zero-order valence-electron chi connectivity index (χ0n) is 23.0. The summed E-state index contributed by atoms with van der Waals surface area (Å²) < 4.78 is 40.7. The van der Waals surface area contributed by atoms with Crippen molar-refractivity contribution in [2.75, 3.05) is 27.8 Å². The van der Waals surface area contributed by atoms with Crippen molar-refractivity contribution in [2.24, 2.45) is 0 Å². The number of hydrogen-bond acceptors (Lipinski definition) is 6. The molecule has 1 fully saturated rings. The number of ether oxygens (including phenoxy) is 2. The van der Waals surface area contributed by atoms with Gasteiger partial charge in [-0.2, -0.15) is 4.31 Å². The molecule has 0 saturated heterocycles. The van der Waals surface area contributed by atoms with Crippen molar-refractivity contribution in [1.82, 2.24) is 14.2 Å². The fourth-order valence-corrected chi connectivity index (χ4v) is 6.66. The van der Waals surface area contributed by atoms with E-state index in [1.165, 1.54) is 10.4 Å². The first-order chi connectivity index (χ1) is 18.7. The largest absolute Gasteiger partial charge is 0.493 e. The third-order valence-electron chi connectivity index (χ3n) is 7.55. The number of amides is 1. The van der Waals surface area contributed by atoms with E-state index in [4.69, 9.17) is 9.47 Å². The lowest BCUT2D eigenvalue weighted by Crippen LogP contribution is -2.38. The molecular formula is C29H37N3O6S. The van der Waals surface area contributed by atoms with Gasteiger partial charge in [-0.05, 0) is 62.1 Å². The van der Waals surface area contributed by atoms with Crippen LogP contribution < -0.4 is 20.2 Å². The van der Waals surface area contributed by atoms with Gasteiger partial charge in [-0.3, -0.25) is 9.59 Å². The number of carbonyl (C=O) groups is 1. The molecule has 1 amide bonds. The molecule has 0 unspecified atom stereocenters. The lowest BCUT2D eigenvalue weighted by molar-refractivity contribution is 0.0952. The van der Waals surface area contributed by atoms with Gasteiger partial charge in [0.25, 0.3) is 5.91 Å². The molecule has 1 aliphatic rings. The Bertz CT molecular complexity index is 1510. The smallest absolute Gasteiger partial charge is 0.256 e. The number of hydrogen-bond donors (Lipinski definition) is 1. The van der Waals surface area contributed by atoms with Gasteiger partial charge in [0.15, 0.2) is 11.5 Å². The van der Waals surface area contributed by atoms with Gasteiger partial charge in [-0.1, -0.05) is 25.3 Å². The first-order valence-electron chi connectivity index (χ1n) is 13.4. The summed E-state index contributed by atoms with van der Waals surface area (Å²) in [5.74, 6) is 0.714. The van der Waals surface area contributed by atoms with Crippen molar-refractivity contribution >= 4 is 26.8 Å². The highest BCUT2D eigenvalue weighted by Gasteiger charge is 2.29. The highest BCUT2D eigenvalue weighted by Crippen LogP contribution is 2.29. The lowest BCUT2D eigenvalue weighted by Gasteiger charge is -2.30. The predicted molar refractivity (Wildman–Crippen MR) is 151 cm³/mol. The molecule has 1 heterocycles. The second-order valence-corrected chi connectivity index (χ2v) is 11.8. The number of aromatic nitrogens is 1. The Morgan fingerprint density at radius 3 is 2.44 bits per heavy atom. The van der Waals surface area contributed by atoms with Crippen LogP contribution in [0.2, 0.25) is 0 Å². The van der Waals surface area contributed by atoms with E-state index in [1.54, 1.807) is 50.2 Å². The number of methoxy groups -OCH3 is 2. The predicted octanol–water partition coefficient (Wildman–Crippen LogP) is 3.96. The van der Waals surface area contributed by atoms with Crippen LogP contribution in [-0.2, 0) is 23.0 Å². The van der Waals surface area contributed by atoms with Crippen molar-refractivity contribution in [1.29, 1.82) is 0 Å². The van der Waals surface area contributed by atoms with E-state index in [-0.39, 0.29) is 21.9 Å². The van der Waals surface area contributed by atoms with Crippen LogP contribution in [0.15, 0.2) is 52.3 Å². The van der Waals surface area contributed by atoms with Crippen molar-refractivity contribution in [2.45, 2.75) is 62.9 Å². The summed E-state index contributed by atoms with van der Waals surface area (Å²) in [5, 5.41) is 3.04. The fourth-order valence-electron chi connectivity index (χ4n) is 5.22. The van der Waals surface area contributed by atoms with Crippen molar-refractivity contribution < 1.29 is 22.7 Å². The average molecular weight is 556 g/mol. The molecule has 1 saturated carbocycles. The molecule has 9 nitrogen and oxygen atoms in total. The molecular weight excluding hydrogens is 518 g/mol. The molecule has 10 heteroatoms. The number of aryl methyl sites for hydroxylation is 1. The molecule has 3 aromatic rings. The Labute approximate surface area is 229 Å². The molecule has 0 aliphatic heterocycles. The molecule has 0 radical (unpaired) electrons. The summed E-state index contributed by atoms with van der Waals surface area (Å²) in [6.07, 6.45) is 6.87. The van der Waals surface area contributed by atoms with E-state index in [9.17, 15) is 18.0 Å². The van der Waals surface area contributed by atoms with Gasteiger partial charge in [0.1, 0.15) is 5.56 Å². The summed E-state index contributed by atoms with van der Waals surface area (Å²) in [4.78, 5) is 26.6. The normalized spacial score (nSPS) is 14.5. The van der Waals surface area contributed by atoms with Gasteiger partial charge in [-0.15, -0.1) is 0 Å². The molecule has 1 aromatic heterocycles. The number of nitrogens with zero attached hydrogens (tertiary/aromatic N) is 2. The second kappa shape index (κ2) is 12.2. The van der Waals surface area contributed by atoms with Gasteiger partial charge in [0.05, 0.1) is 24.6 Å². The summed E-state index contributed by atoms with van der Waals surface area (Å²) in [6.45, 7) is 2.72. The van der Waals surface area contributed by atoms with Crippen molar-refractivity contribution in [3.63, 3.8) is 0 Å². The van der Waals surface area contributed by atoms with Crippen LogP contribution >= 0.6 is 0 Å². The SMILES string of the molecule is CCn1cc(C(=O)NCCc2ccc(OC)c(OC)c2)c(=O)c2cc(S(=O)(=O)N(C)C3CCCCC3)ccc21. The van der Waals surface area contributed by atoms with Crippen LogP contribution in [0.5, 0.6) is 11.5 Å². The second-order valence-electron chi connectivity index (χ2n) is 9.85. The molecule has 0 bridgehead atoms. The van der Waals surface area contributed by atoms with Crippen molar-refractivity contribution in [3.8, 4) is 11.5 Å². The van der Waals surface area contributed by atoms with Gasteiger partial charge < -0.3 is 19.4 Å². The van der Waals surface area contributed by atoms with Crippen LogP contribution in [0.3, 0.4) is 0 Å². The number of rotatable bonds is 10. The standard InChI is InChI=1S/C29H37N3O6S/c1-5-32-19-24(29(34)30-16-15-20-11-14-26(37-3)27(17-20)38-4)28(33)23-18-22(12-13-25(23)32)39(35,36)31(2)21-9-7-6-8-10-21/h11-14,17-19,21H,5-10,15-16H2,1-4H3,(H,30,34). The Morgan fingerprint density at radius 1 is 1.05 bits per heavy atom. The minimum absolute atomic E-state index is 0.0214. The van der Waals surface area contributed by atoms with Gasteiger partial charge >= 0.3 is 0 Å². The molecule has 1 N–H and O–H groups in total. The Hall–Kier alpha value is -3.37. The number of sulfonamides is 1. The van der Waals surface area contributed by atoms with Gasteiger partial charge in [-0.25, -0.2) is 8.42 Å². The van der Waals surface area contributed by atoms with Crippen LogP contribution in [0.1, 0.15) is 54.9 Å². The summed E-state index contributed by atoms with van der Waals surface area (Å²) in [5.41, 5.74) is 1.01. The van der Waals surface area contributed by atoms with Crippen LogP contribution in [0.4, 0.5) is 0 Å². The first-order valence-corrected chi connectivity index (χ1v) is 14.8. The summed E-state index contributed by atoms with van der Waals surface area (Å²) >= 11 is 0. The van der Waals surface area contributed by atoms with E-state index in [0.717, 1.165) is 37.7 Å². The molecule has 4 rings (SSSR count). The van der Waals surface area contributed by atoms with Crippen LogP contribution in [-0.4, -0.2) is 57.1 Å². The maximum Gasteiger partial charge on any atom is 0.256 e. The van der Waals surface area contributed by atoms with Crippen molar-refractivity contribution in [3.05, 3.63) is 63.9 Å². The number of carbonyl (C=O) groups excluding carboxylic acids is 1. The van der Waals surface area contributed by atoms with Crippen LogP contribution in [0.25, 0.3) is 10.9 Å². The first kappa shape index (κ1) is 28.6. The Morgan fingerprint density at radius 2 is 1.77 bits per heavy atom. The quantitative estimate of drug-likeness (QED) is 0.406. The topological polar surface area (TPSA) is 107 Å². The summed E-state index contributed by atoms with van der Waals surface area (Å²) in [6, 6.07) is 10.1.